The Morgan fingerprint density at radius 2 is 1.78 bits per heavy atom. The first-order valence-corrected chi connectivity index (χ1v) is 8.54. The molecule has 0 aliphatic carbocycles. The van der Waals surface area contributed by atoms with Crippen LogP contribution in [0.5, 0.6) is 11.5 Å². The van der Waals surface area contributed by atoms with Crippen molar-refractivity contribution in [1.82, 2.24) is 14.9 Å². The van der Waals surface area contributed by atoms with Crippen LogP contribution in [-0.4, -0.2) is 35.7 Å². The highest BCUT2D eigenvalue weighted by molar-refractivity contribution is 5.92. The summed E-state index contributed by atoms with van der Waals surface area (Å²) in [6.45, 7) is 0.954. The lowest BCUT2D eigenvalue weighted by Gasteiger charge is -2.10. The Labute approximate surface area is 156 Å². The van der Waals surface area contributed by atoms with Crippen LogP contribution < -0.4 is 20.5 Å². The number of nitrogens with one attached hydrogen (secondary N) is 2. The van der Waals surface area contributed by atoms with Crippen molar-refractivity contribution >= 4 is 5.91 Å². The van der Waals surface area contributed by atoms with Crippen molar-refractivity contribution in [3.05, 3.63) is 82.5 Å². The van der Waals surface area contributed by atoms with Crippen LogP contribution >= 0.6 is 0 Å². The number of hydrogen-bond acceptors (Lipinski definition) is 4. The highest BCUT2D eigenvalue weighted by atomic mass is 16.5. The molecule has 3 rings (SSSR count). The van der Waals surface area contributed by atoms with Crippen LogP contribution in [0.3, 0.4) is 0 Å². The number of hydrogen-bond donors (Lipinski definition) is 2. The number of carbonyl (C=O) groups is 1. The number of benzene rings is 2. The molecule has 7 heteroatoms. The highest BCUT2D eigenvalue weighted by Gasteiger charge is 2.14. The Balaban J connectivity index is 1.54. The summed E-state index contributed by atoms with van der Waals surface area (Å²) < 4.78 is 12.1. The van der Waals surface area contributed by atoms with Gasteiger partial charge in [0.1, 0.15) is 23.8 Å². The van der Waals surface area contributed by atoms with E-state index in [1.54, 1.807) is 31.4 Å². The monoisotopic (exact) mass is 367 g/mol. The number of aromatic amines is 1. The lowest BCUT2D eigenvalue weighted by atomic mass is 10.2. The van der Waals surface area contributed by atoms with Crippen LogP contribution in [0.15, 0.2) is 65.6 Å². The quantitative estimate of drug-likeness (QED) is 0.597. The number of rotatable bonds is 8. The van der Waals surface area contributed by atoms with E-state index in [9.17, 15) is 9.59 Å². The van der Waals surface area contributed by atoms with Gasteiger partial charge >= 0.3 is 5.69 Å². The van der Waals surface area contributed by atoms with E-state index in [1.165, 1.54) is 10.8 Å². The summed E-state index contributed by atoms with van der Waals surface area (Å²) >= 11 is 0. The van der Waals surface area contributed by atoms with Gasteiger partial charge in [0, 0.05) is 6.20 Å². The maximum atomic E-state index is 12.4. The van der Waals surface area contributed by atoms with Crippen molar-refractivity contribution in [1.29, 1.82) is 0 Å². The molecule has 2 aromatic carbocycles. The molecular weight excluding hydrogens is 346 g/mol. The minimum absolute atomic E-state index is 0.285. The molecule has 1 aromatic heterocycles. The van der Waals surface area contributed by atoms with Gasteiger partial charge in [-0.1, -0.05) is 30.3 Å². The van der Waals surface area contributed by atoms with Crippen LogP contribution in [0.25, 0.3) is 0 Å². The van der Waals surface area contributed by atoms with Crippen LogP contribution in [-0.2, 0) is 6.54 Å². The molecule has 0 spiro atoms. The predicted octanol–water partition coefficient (Wildman–Crippen LogP) is 2.04. The van der Waals surface area contributed by atoms with E-state index >= 15 is 0 Å². The molecule has 140 valence electrons. The van der Waals surface area contributed by atoms with Crippen LogP contribution in [0.1, 0.15) is 16.1 Å². The maximum Gasteiger partial charge on any atom is 0.326 e. The third kappa shape index (κ3) is 4.78. The molecule has 3 aromatic rings. The minimum Gasteiger partial charge on any atom is -0.497 e. The molecule has 27 heavy (non-hydrogen) atoms. The van der Waals surface area contributed by atoms with E-state index in [4.69, 9.17) is 9.47 Å². The summed E-state index contributed by atoms with van der Waals surface area (Å²) in [5, 5.41) is 2.76. The number of H-pyrrole nitrogens is 1. The Hall–Kier alpha value is -3.48. The van der Waals surface area contributed by atoms with Gasteiger partial charge in [-0.2, -0.15) is 0 Å². The SMILES string of the molecule is COc1ccc(OCCNC(=O)c2c[nH]c(=O)n2Cc2ccccc2)cc1. The summed E-state index contributed by atoms with van der Waals surface area (Å²) in [5.41, 5.74) is 0.905. The van der Waals surface area contributed by atoms with Gasteiger partial charge in [0.25, 0.3) is 5.91 Å². The Morgan fingerprint density at radius 1 is 1.07 bits per heavy atom. The van der Waals surface area contributed by atoms with Crippen molar-refractivity contribution in [2.24, 2.45) is 0 Å². The molecule has 1 amide bonds. The lowest BCUT2D eigenvalue weighted by Crippen LogP contribution is -2.31. The van der Waals surface area contributed by atoms with Crippen molar-refractivity contribution < 1.29 is 14.3 Å². The fraction of sp³-hybridized carbons (Fsp3) is 0.200. The second-order valence-electron chi connectivity index (χ2n) is 5.83. The van der Waals surface area contributed by atoms with E-state index in [0.717, 1.165) is 11.3 Å². The number of ether oxygens (including phenoxy) is 2. The molecule has 0 aliphatic heterocycles. The second kappa shape index (κ2) is 8.75. The number of aromatic nitrogens is 2. The molecule has 0 aliphatic rings. The zero-order chi connectivity index (χ0) is 19.1. The fourth-order valence-electron chi connectivity index (χ4n) is 2.60. The zero-order valence-electron chi connectivity index (χ0n) is 15.0. The first-order valence-electron chi connectivity index (χ1n) is 8.54. The summed E-state index contributed by atoms with van der Waals surface area (Å²) in [6, 6.07) is 16.7. The Kier molecular flexibility index (Phi) is 5.94. The molecule has 0 saturated heterocycles. The van der Waals surface area contributed by atoms with E-state index in [2.05, 4.69) is 10.3 Å². The standard InChI is InChI=1S/C20H21N3O4/c1-26-16-7-9-17(10-8-16)27-12-11-21-19(24)18-13-22-20(25)23(18)14-15-5-3-2-4-6-15/h2-10,13H,11-12,14H2,1H3,(H,21,24)(H,22,25). The number of nitrogens with zero attached hydrogens (tertiary/aromatic N) is 1. The molecule has 7 nitrogen and oxygen atoms in total. The lowest BCUT2D eigenvalue weighted by molar-refractivity contribution is 0.0938. The Morgan fingerprint density at radius 3 is 2.48 bits per heavy atom. The minimum atomic E-state index is -0.331. The van der Waals surface area contributed by atoms with E-state index in [-0.39, 0.29) is 17.3 Å². The maximum absolute atomic E-state index is 12.4. The summed E-state index contributed by atoms with van der Waals surface area (Å²) in [4.78, 5) is 27.0. The van der Waals surface area contributed by atoms with E-state index < -0.39 is 0 Å². The van der Waals surface area contributed by atoms with Crippen molar-refractivity contribution in [2.75, 3.05) is 20.3 Å². The number of carbonyl (C=O) groups excluding carboxylic acids is 1. The average Bonchev–Trinajstić information content (AvgIpc) is 3.07. The van der Waals surface area contributed by atoms with Crippen molar-refractivity contribution in [3.63, 3.8) is 0 Å². The van der Waals surface area contributed by atoms with Gasteiger partial charge in [-0.15, -0.1) is 0 Å². The molecule has 1 heterocycles. The highest BCUT2D eigenvalue weighted by Crippen LogP contribution is 2.16. The molecule has 0 saturated carbocycles. The molecule has 0 fully saturated rings. The van der Waals surface area contributed by atoms with Crippen LogP contribution in [0, 0.1) is 0 Å². The third-order valence-corrected chi connectivity index (χ3v) is 4.00. The van der Waals surface area contributed by atoms with Gasteiger partial charge in [0.05, 0.1) is 20.2 Å². The molecule has 0 radical (unpaired) electrons. The predicted molar refractivity (Wildman–Crippen MR) is 101 cm³/mol. The largest absolute Gasteiger partial charge is 0.497 e. The van der Waals surface area contributed by atoms with Gasteiger partial charge in [-0.05, 0) is 29.8 Å². The second-order valence-corrected chi connectivity index (χ2v) is 5.83. The molecule has 0 atom stereocenters. The van der Waals surface area contributed by atoms with Crippen molar-refractivity contribution in [2.45, 2.75) is 6.54 Å². The van der Waals surface area contributed by atoms with E-state index in [1.807, 2.05) is 30.3 Å². The van der Waals surface area contributed by atoms with Gasteiger partial charge in [-0.25, -0.2) is 4.79 Å². The first kappa shape index (κ1) is 18.3. The van der Waals surface area contributed by atoms with Crippen LogP contribution in [0.4, 0.5) is 0 Å². The third-order valence-electron chi connectivity index (χ3n) is 4.00. The number of methoxy groups -OCH3 is 1. The van der Waals surface area contributed by atoms with Gasteiger partial charge in [0.2, 0.25) is 0 Å². The average molecular weight is 367 g/mol. The first-order chi connectivity index (χ1) is 13.2. The summed E-state index contributed by atoms with van der Waals surface area (Å²) in [5.74, 6) is 1.11. The molecule has 0 unspecified atom stereocenters. The zero-order valence-corrected chi connectivity index (χ0v) is 15.0. The normalized spacial score (nSPS) is 10.4. The van der Waals surface area contributed by atoms with Gasteiger partial charge in [-0.3, -0.25) is 9.36 Å². The van der Waals surface area contributed by atoms with Crippen molar-refractivity contribution in [3.8, 4) is 11.5 Å². The molecule has 2 N–H and O–H groups in total. The topological polar surface area (TPSA) is 85.3 Å². The smallest absolute Gasteiger partial charge is 0.326 e. The number of amides is 1. The molecular formula is C20H21N3O4. The number of imidazole rings is 1. The summed E-state index contributed by atoms with van der Waals surface area (Å²) in [7, 11) is 1.60. The van der Waals surface area contributed by atoms with Gasteiger partial charge < -0.3 is 19.8 Å². The van der Waals surface area contributed by atoms with E-state index in [0.29, 0.717) is 25.4 Å². The van der Waals surface area contributed by atoms with Crippen LogP contribution in [0.2, 0.25) is 0 Å². The summed E-state index contributed by atoms with van der Waals surface area (Å²) in [6.07, 6.45) is 1.42. The fourth-order valence-corrected chi connectivity index (χ4v) is 2.60. The molecule has 0 bridgehead atoms. The van der Waals surface area contributed by atoms with Gasteiger partial charge in [0.15, 0.2) is 0 Å². The Bertz CT molecular complexity index is 930.